The fourth-order valence-electron chi connectivity index (χ4n) is 20.0. The van der Waals surface area contributed by atoms with Crippen LogP contribution >= 0.6 is 0 Å². The summed E-state index contributed by atoms with van der Waals surface area (Å²) in [7, 11) is 0. The summed E-state index contributed by atoms with van der Waals surface area (Å²) in [6.45, 7) is 2.16. The van der Waals surface area contributed by atoms with Crippen molar-refractivity contribution in [1.82, 2.24) is 29.9 Å². The van der Waals surface area contributed by atoms with Gasteiger partial charge in [0, 0.05) is 67.6 Å². The van der Waals surface area contributed by atoms with Gasteiger partial charge in [-0.2, -0.15) is 0 Å². The summed E-state index contributed by atoms with van der Waals surface area (Å²) in [6, 6.07) is 164. The van der Waals surface area contributed by atoms with Crippen LogP contribution in [0.2, 0.25) is 0 Å². The molecule has 20 aromatic carbocycles. The van der Waals surface area contributed by atoms with Crippen molar-refractivity contribution in [2.24, 2.45) is 0 Å². The minimum absolute atomic E-state index is 0.909. The van der Waals surface area contributed by atoms with Gasteiger partial charge in [-0.05, 0) is 227 Å². The van der Waals surface area contributed by atoms with Gasteiger partial charge in [0.15, 0.2) is 0 Å². The van der Waals surface area contributed by atoms with Crippen LogP contribution in [0.25, 0.3) is 253 Å². The predicted octanol–water partition coefficient (Wildman–Crippen LogP) is 33.9. The Hall–Kier alpha value is -17.6. The lowest BCUT2D eigenvalue weighted by Crippen LogP contribution is -1.95. The summed E-state index contributed by atoms with van der Waals surface area (Å²) in [6.07, 6.45) is 5.74. The van der Waals surface area contributed by atoms with Crippen LogP contribution in [-0.2, 0) is 0 Å². The van der Waals surface area contributed by atoms with Crippen molar-refractivity contribution < 1.29 is 0 Å². The lowest BCUT2D eigenvalue weighted by molar-refractivity contribution is 1.37. The summed E-state index contributed by atoms with van der Waals surface area (Å²) in [4.78, 5) is 31.2. The van der Waals surface area contributed by atoms with E-state index in [9.17, 15) is 0 Å². The molecule has 26 aromatic rings. The van der Waals surface area contributed by atoms with Crippen molar-refractivity contribution in [3.63, 3.8) is 0 Å². The molecule has 6 heteroatoms. The quantitative estimate of drug-likeness (QED) is 0.120. The molecular weight excluding hydrogens is 1610 g/mol. The summed E-state index contributed by atoms with van der Waals surface area (Å²) >= 11 is 0. The Morgan fingerprint density at radius 1 is 0.135 bits per heavy atom. The first-order chi connectivity index (χ1) is 65.9. The average molecular weight is 1690 g/mol. The zero-order chi connectivity index (χ0) is 88.2. The number of rotatable bonds is 11. The van der Waals surface area contributed by atoms with E-state index in [-0.39, 0.29) is 0 Å². The van der Waals surface area contributed by atoms with E-state index in [1.54, 1.807) is 0 Å². The Morgan fingerprint density at radius 3 is 0.759 bits per heavy atom. The van der Waals surface area contributed by atoms with E-state index in [4.69, 9.17) is 29.9 Å². The van der Waals surface area contributed by atoms with Crippen molar-refractivity contribution in [3.8, 4) is 123 Å². The van der Waals surface area contributed by atoms with E-state index in [1.165, 1.54) is 115 Å². The number of benzene rings is 20. The molecule has 0 radical (unpaired) electrons. The second kappa shape index (κ2) is 33.9. The molecule has 0 fully saturated rings. The molecule has 0 unspecified atom stereocenters. The zero-order valence-electron chi connectivity index (χ0n) is 72.8. The largest absolute Gasteiger partial charge is 0.254 e. The van der Waals surface area contributed by atoms with Gasteiger partial charge in [-0.3, -0.25) is 15.0 Å². The van der Waals surface area contributed by atoms with Gasteiger partial charge in [-0.1, -0.05) is 400 Å². The Kier molecular flexibility index (Phi) is 20.1. The standard InChI is InChI=1S/2C44H28N2.C39H26N2/c1-4-12-29(13-5-1)32-20-21-33-27-41(36-19-11-10-18-35(36)39(33)26-32)42-28-40(31-16-8-3-9-17-31)38-23-22-37-34(30-14-6-2-7-15-30)24-25-45-43(37)44(38)46-42;1-4-12-29(13-5-1)32-20-21-36-34-19-11-10-18-33(34)27-41(40(36)26-32)42-28-39(31-16-8-3-9-17-31)38-23-22-37-35(30-14-6-2-7-15-30)24-25-45-43(37)44(38)46-42;1-25-16-17-31-29-15-9-8-14-28(29)23-36(35(31)22-25)37-24-34(27-12-6-3-7-13-27)33-19-18-32-30(26-10-4-2-5-11-26)20-21-40-38(32)39(33)41-37/h2*1-28H;2-24H,1H3. The smallest absolute Gasteiger partial charge is 0.0978 e. The van der Waals surface area contributed by atoms with Crippen molar-refractivity contribution in [1.29, 1.82) is 0 Å². The van der Waals surface area contributed by atoms with Crippen LogP contribution in [0.3, 0.4) is 0 Å². The Morgan fingerprint density at radius 2 is 0.391 bits per heavy atom. The zero-order valence-corrected chi connectivity index (χ0v) is 72.8. The molecule has 6 nitrogen and oxygen atoms in total. The van der Waals surface area contributed by atoms with Gasteiger partial charge in [-0.25, -0.2) is 15.0 Å². The van der Waals surface area contributed by atoms with E-state index in [0.717, 1.165) is 144 Å². The minimum Gasteiger partial charge on any atom is -0.254 e. The van der Waals surface area contributed by atoms with Gasteiger partial charge in [0.05, 0.1) is 50.2 Å². The first-order valence-electron chi connectivity index (χ1n) is 45.3. The van der Waals surface area contributed by atoms with Crippen LogP contribution in [-0.4, -0.2) is 29.9 Å². The number of fused-ring (bicyclic) bond motifs is 18. The Bertz CT molecular complexity index is 9030. The number of aromatic nitrogens is 6. The third-order valence-electron chi connectivity index (χ3n) is 26.4. The SMILES string of the molecule is Cc1ccc2c(c1)c(-c1cc(-c3ccccc3)c3ccc4c(-c5ccccc5)ccnc4c3n1)cc1ccccc12.c1ccc(-c2ccc3c(c2)c(-c2cc(-c4ccccc4)c4ccc5c(-c6ccccc6)ccnc5c4n2)cc2ccccc23)cc1.c1ccc(-c2ccc3cc(-c4cc(-c5ccccc5)c5ccc6c(-c7ccccc7)ccnc6c5n4)c4ccccc4c3c2)cc1. The maximum Gasteiger partial charge on any atom is 0.0978 e. The van der Waals surface area contributed by atoms with Crippen LogP contribution in [0, 0.1) is 6.92 Å². The molecule has 0 saturated heterocycles. The van der Waals surface area contributed by atoms with Crippen LogP contribution in [0.5, 0.6) is 0 Å². The molecule has 0 bridgehead atoms. The fourth-order valence-corrected chi connectivity index (χ4v) is 20.0. The highest BCUT2D eigenvalue weighted by atomic mass is 14.8. The summed E-state index contributed by atoms with van der Waals surface area (Å²) in [5, 5.41) is 21.2. The van der Waals surface area contributed by atoms with E-state index in [2.05, 4.69) is 468 Å². The highest BCUT2D eigenvalue weighted by Crippen LogP contribution is 2.47. The lowest BCUT2D eigenvalue weighted by Gasteiger charge is -2.16. The van der Waals surface area contributed by atoms with Gasteiger partial charge >= 0.3 is 0 Å². The van der Waals surface area contributed by atoms with Crippen molar-refractivity contribution in [2.45, 2.75) is 6.92 Å². The summed E-state index contributed by atoms with van der Waals surface area (Å²) in [5.41, 5.74) is 31.7. The molecule has 133 heavy (non-hydrogen) atoms. The normalized spacial score (nSPS) is 11.5. The van der Waals surface area contributed by atoms with E-state index >= 15 is 0 Å². The minimum atomic E-state index is 0.909. The third-order valence-corrected chi connectivity index (χ3v) is 26.4. The topological polar surface area (TPSA) is 77.3 Å². The van der Waals surface area contributed by atoms with E-state index in [0.29, 0.717) is 0 Å². The van der Waals surface area contributed by atoms with Crippen molar-refractivity contribution >= 4 is 130 Å². The Labute approximate surface area is 769 Å². The fraction of sp³-hybridized carbons (Fsp3) is 0.00787. The van der Waals surface area contributed by atoms with Crippen molar-refractivity contribution in [2.75, 3.05) is 0 Å². The van der Waals surface area contributed by atoms with Crippen LogP contribution in [0.15, 0.2) is 480 Å². The number of hydrogen-bond acceptors (Lipinski definition) is 6. The Balaban J connectivity index is 0.000000110. The molecule has 26 rings (SSSR count). The molecule has 6 heterocycles. The molecule has 0 amide bonds. The summed E-state index contributed by atoms with van der Waals surface area (Å²) < 4.78 is 0. The second-order valence-corrected chi connectivity index (χ2v) is 34.2. The molecule has 0 aliphatic heterocycles. The van der Waals surface area contributed by atoms with E-state index < -0.39 is 0 Å². The molecule has 0 atom stereocenters. The van der Waals surface area contributed by atoms with Gasteiger partial charge in [0.1, 0.15) is 0 Å². The predicted molar refractivity (Wildman–Crippen MR) is 561 cm³/mol. The van der Waals surface area contributed by atoms with E-state index in [1.807, 2.05) is 18.6 Å². The lowest BCUT2D eigenvalue weighted by atomic mass is 9.90. The molecule has 0 spiro atoms. The molecule has 0 N–H and O–H groups in total. The summed E-state index contributed by atoms with van der Waals surface area (Å²) in [5.74, 6) is 0. The first-order valence-corrected chi connectivity index (χ1v) is 45.3. The molecular formula is C127H82N6. The first kappa shape index (κ1) is 78.9. The maximum atomic E-state index is 5.49. The van der Waals surface area contributed by atoms with Gasteiger partial charge in [0.25, 0.3) is 0 Å². The van der Waals surface area contributed by atoms with Crippen molar-refractivity contribution in [3.05, 3.63) is 485 Å². The van der Waals surface area contributed by atoms with Crippen LogP contribution < -0.4 is 0 Å². The van der Waals surface area contributed by atoms with Crippen LogP contribution in [0.1, 0.15) is 5.56 Å². The second-order valence-electron chi connectivity index (χ2n) is 34.2. The molecule has 6 aromatic heterocycles. The molecule has 0 aliphatic carbocycles. The molecule has 620 valence electrons. The highest BCUT2D eigenvalue weighted by Gasteiger charge is 2.24. The maximum absolute atomic E-state index is 5.49. The number of hydrogen-bond donors (Lipinski definition) is 0. The molecule has 0 aliphatic rings. The molecule has 0 saturated carbocycles. The number of pyridine rings is 6. The average Bonchev–Trinajstić information content (AvgIpc) is 0.739. The van der Waals surface area contributed by atoms with Gasteiger partial charge < -0.3 is 0 Å². The number of nitrogens with zero attached hydrogens (tertiary/aromatic N) is 6. The van der Waals surface area contributed by atoms with Gasteiger partial charge in [0.2, 0.25) is 0 Å². The highest BCUT2D eigenvalue weighted by molar-refractivity contribution is 6.21. The van der Waals surface area contributed by atoms with Crippen LogP contribution in [0.4, 0.5) is 0 Å². The van der Waals surface area contributed by atoms with Gasteiger partial charge in [-0.15, -0.1) is 0 Å². The number of aryl methyl sites for hydroxylation is 1. The third kappa shape index (κ3) is 14.5. The monoisotopic (exact) mass is 1690 g/mol.